The Hall–Kier alpha value is -2.40. The molecule has 0 aliphatic rings. The van der Waals surface area contributed by atoms with E-state index in [-0.39, 0.29) is 16.8 Å². The lowest BCUT2D eigenvalue weighted by Crippen LogP contribution is -2.14. The highest BCUT2D eigenvalue weighted by Crippen LogP contribution is 2.20. The fourth-order valence-electron chi connectivity index (χ4n) is 1.76. The summed E-state index contributed by atoms with van der Waals surface area (Å²) < 4.78 is 13.1. The Morgan fingerprint density at radius 1 is 1.09 bits per heavy atom. The van der Waals surface area contributed by atoms with Crippen LogP contribution in [0, 0.1) is 5.82 Å². The van der Waals surface area contributed by atoms with E-state index in [9.17, 15) is 14.0 Å². The molecule has 22 heavy (non-hydrogen) atoms. The van der Waals surface area contributed by atoms with Crippen molar-refractivity contribution >= 4 is 34.8 Å². The van der Waals surface area contributed by atoms with Crippen LogP contribution in [0.15, 0.2) is 42.5 Å². The minimum absolute atomic E-state index is 0.0678. The van der Waals surface area contributed by atoms with Crippen LogP contribution in [0.5, 0.6) is 0 Å². The first-order valence-corrected chi connectivity index (χ1v) is 7.03. The molecule has 0 heterocycles. The fourth-order valence-corrected chi connectivity index (χ4v) is 1.95. The number of nitrogens with one attached hydrogen (secondary N) is 2. The molecule has 6 heteroatoms. The maximum absolute atomic E-state index is 13.1. The summed E-state index contributed by atoms with van der Waals surface area (Å²) in [6.45, 7) is 1.74. The molecule has 0 fully saturated rings. The molecule has 0 saturated heterocycles. The van der Waals surface area contributed by atoms with Crippen molar-refractivity contribution in [3.8, 4) is 0 Å². The standard InChI is InChI=1S/C16H14ClFN2O2/c1-2-15(21)19-11-5-3-4-10(8-11)16(22)20-12-6-7-14(18)13(17)9-12/h3-9H,2H2,1H3,(H,19,21)(H,20,22). The van der Waals surface area contributed by atoms with Gasteiger partial charge in [0, 0.05) is 23.4 Å². The van der Waals surface area contributed by atoms with E-state index in [1.807, 2.05) is 0 Å². The summed E-state index contributed by atoms with van der Waals surface area (Å²) in [4.78, 5) is 23.5. The van der Waals surface area contributed by atoms with E-state index < -0.39 is 5.82 Å². The predicted molar refractivity (Wildman–Crippen MR) is 84.7 cm³/mol. The topological polar surface area (TPSA) is 58.2 Å². The molecule has 4 nitrogen and oxygen atoms in total. The molecule has 0 aliphatic carbocycles. The van der Waals surface area contributed by atoms with E-state index in [2.05, 4.69) is 10.6 Å². The molecule has 0 atom stereocenters. The Morgan fingerprint density at radius 2 is 1.82 bits per heavy atom. The molecule has 2 N–H and O–H groups in total. The summed E-state index contributed by atoms with van der Waals surface area (Å²) in [7, 11) is 0. The number of halogens is 2. The quantitative estimate of drug-likeness (QED) is 0.891. The van der Waals surface area contributed by atoms with Gasteiger partial charge in [0.1, 0.15) is 5.82 Å². The van der Waals surface area contributed by atoms with Gasteiger partial charge in [0.15, 0.2) is 0 Å². The van der Waals surface area contributed by atoms with Crippen molar-refractivity contribution < 1.29 is 14.0 Å². The monoisotopic (exact) mass is 320 g/mol. The number of benzene rings is 2. The summed E-state index contributed by atoms with van der Waals surface area (Å²) in [6.07, 6.45) is 0.352. The van der Waals surface area contributed by atoms with Gasteiger partial charge in [-0.1, -0.05) is 24.6 Å². The highest BCUT2D eigenvalue weighted by atomic mass is 35.5. The van der Waals surface area contributed by atoms with E-state index in [1.165, 1.54) is 18.2 Å². The largest absolute Gasteiger partial charge is 0.326 e. The van der Waals surface area contributed by atoms with E-state index in [4.69, 9.17) is 11.6 Å². The first-order valence-electron chi connectivity index (χ1n) is 6.66. The summed E-state index contributed by atoms with van der Waals surface area (Å²) >= 11 is 5.67. The molecule has 0 saturated carbocycles. The Labute approximate surface area is 132 Å². The smallest absolute Gasteiger partial charge is 0.255 e. The van der Waals surface area contributed by atoms with Crippen molar-refractivity contribution in [3.63, 3.8) is 0 Å². The van der Waals surface area contributed by atoms with Crippen molar-refractivity contribution in [1.29, 1.82) is 0 Å². The third kappa shape index (κ3) is 4.05. The van der Waals surface area contributed by atoms with Gasteiger partial charge < -0.3 is 10.6 Å². The predicted octanol–water partition coefficient (Wildman–Crippen LogP) is 4.08. The van der Waals surface area contributed by atoms with Crippen molar-refractivity contribution in [2.24, 2.45) is 0 Å². The third-order valence-electron chi connectivity index (χ3n) is 2.91. The molecule has 0 aromatic heterocycles. The lowest BCUT2D eigenvalue weighted by atomic mass is 10.1. The summed E-state index contributed by atoms with van der Waals surface area (Å²) in [6, 6.07) is 10.5. The Balaban J connectivity index is 2.13. The van der Waals surface area contributed by atoms with Gasteiger partial charge in [0.2, 0.25) is 5.91 Å². The Morgan fingerprint density at radius 3 is 2.50 bits per heavy atom. The zero-order valence-electron chi connectivity index (χ0n) is 11.8. The van der Waals surface area contributed by atoms with Crippen LogP contribution < -0.4 is 10.6 Å². The molecule has 2 aromatic rings. The fraction of sp³-hybridized carbons (Fsp3) is 0.125. The molecule has 0 spiro atoms. The number of anilines is 2. The van der Waals surface area contributed by atoms with Crippen LogP contribution in [0.25, 0.3) is 0 Å². The first-order chi connectivity index (χ1) is 10.5. The molecule has 0 bridgehead atoms. The average Bonchev–Trinajstić information content (AvgIpc) is 2.51. The second kappa shape index (κ2) is 7.04. The lowest BCUT2D eigenvalue weighted by Gasteiger charge is -2.08. The highest BCUT2D eigenvalue weighted by Gasteiger charge is 2.09. The molecule has 0 aliphatic heterocycles. The number of hydrogen-bond acceptors (Lipinski definition) is 2. The maximum Gasteiger partial charge on any atom is 0.255 e. The van der Waals surface area contributed by atoms with Gasteiger partial charge in [-0.2, -0.15) is 0 Å². The number of carbonyl (C=O) groups excluding carboxylic acids is 2. The number of carbonyl (C=O) groups is 2. The van der Waals surface area contributed by atoms with Crippen LogP contribution in [0.2, 0.25) is 5.02 Å². The van der Waals surface area contributed by atoms with Crippen molar-refractivity contribution in [2.45, 2.75) is 13.3 Å². The number of rotatable bonds is 4. The summed E-state index contributed by atoms with van der Waals surface area (Å²) in [5.41, 5.74) is 1.30. The van der Waals surface area contributed by atoms with Crippen LogP contribution in [0.1, 0.15) is 23.7 Å². The van der Waals surface area contributed by atoms with Gasteiger partial charge in [-0.3, -0.25) is 9.59 Å². The van der Waals surface area contributed by atoms with Crippen LogP contribution >= 0.6 is 11.6 Å². The van der Waals surface area contributed by atoms with Crippen LogP contribution in [0.4, 0.5) is 15.8 Å². The van der Waals surface area contributed by atoms with E-state index >= 15 is 0 Å². The molecule has 0 radical (unpaired) electrons. The van der Waals surface area contributed by atoms with Crippen LogP contribution in [-0.2, 0) is 4.79 Å². The minimum atomic E-state index is -0.552. The normalized spacial score (nSPS) is 10.1. The third-order valence-corrected chi connectivity index (χ3v) is 3.20. The van der Waals surface area contributed by atoms with E-state index in [0.717, 1.165) is 0 Å². The van der Waals surface area contributed by atoms with E-state index in [1.54, 1.807) is 31.2 Å². The van der Waals surface area contributed by atoms with Gasteiger partial charge in [-0.05, 0) is 36.4 Å². The molecule has 2 rings (SSSR count). The zero-order valence-corrected chi connectivity index (χ0v) is 12.6. The lowest BCUT2D eigenvalue weighted by molar-refractivity contribution is -0.115. The first kappa shape index (κ1) is 16.0. The minimum Gasteiger partial charge on any atom is -0.326 e. The zero-order chi connectivity index (χ0) is 16.1. The van der Waals surface area contributed by atoms with Gasteiger partial charge in [-0.15, -0.1) is 0 Å². The van der Waals surface area contributed by atoms with E-state index in [0.29, 0.717) is 23.4 Å². The van der Waals surface area contributed by atoms with Gasteiger partial charge in [0.05, 0.1) is 5.02 Å². The molecule has 0 unspecified atom stereocenters. The van der Waals surface area contributed by atoms with Crippen molar-refractivity contribution in [2.75, 3.05) is 10.6 Å². The number of hydrogen-bond donors (Lipinski definition) is 2. The van der Waals surface area contributed by atoms with Crippen LogP contribution in [0.3, 0.4) is 0 Å². The number of amides is 2. The Bertz CT molecular complexity index is 719. The van der Waals surface area contributed by atoms with Gasteiger partial charge >= 0.3 is 0 Å². The maximum atomic E-state index is 13.1. The highest BCUT2D eigenvalue weighted by molar-refractivity contribution is 6.31. The SMILES string of the molecule is CCC(=O)Nc1cccc(C(=O)Nc2ccc(F)c(Cl)c2)c1. The van der Waals surface area contributed by atoms with Gasteiger partial charge in [0.25, 0.3) is 5.91 Å². The molecule has 2 aromatic carbocycles. The molecular formula is C16H14ClFN2O2. The summed E-state index contributed by atoms with van der Waals surface area (Å²) in [5, 5.41) is 5.23. The Kier molecular flexibility index (Phi) is 5.12. The summed E-state index contributed by atoms with van der Waals surface area (Å²) in [5.74, 6) is -1.07. The second-order valence-corrected chi connectivity index (χ2v) is 4.97. The van der Waals surface area contributed by atoms with Crippen molar-refractivity contribution in [1.82, 2.24) is 0 Å². The molecular weight excluding hydrogens is 307 g/mol. The average molecular weight is 321 g/mol. The second-order valence-electron chi connectivity index (χ2n) is 4.57. The molecule has 2 amide bonds. The van der Waals surface area contributed by atoms with Crippen LogP contribution in [-0.4, -0.2) is 11.8 Å². The van der Waals surface area contributed by atoms with Gasteiger partial charge in [-0.25, -0.2) is 4.39 Å². The van der Waals surface area contributed by atoms with Crippen molar-refractivity contribution in [3.05, 3.63) is 58.9 Å². The molecule has 114 valence electrons.